The fourth-order valence-corrected chi connectivity index (χ4v) is 6.12. The van der Waals surface area contributed by atoms with Crippen LogP contribution in [-0.2, 0) is 14.9 Å². The number of halogens is 1. The minimum atomic E-state index is -0.00216. The third-order valence-electron chi connectivity index (χ3n) is 7.30. The second kappa shape index (κ2) is 8.23. The SMILES string of the molecule is CC(C)OCC(=O)NC1CCN(CC23CC(c4ccccc42)c2ccc(Cl)cc23)CC1. The quantitative estimate of drug-likeness (QED) is 0.722. The average molecular weight is 439 g/mol. The lowest BCUT2D eigenvalue weighted by molar-refractivity contribution is -0.128. The summed E-state index contributed by atoms with van der Waals surface area (Å²) in [4.78, 5) is 14.7. The number of nitrogens with zero attached hydrogens (tertiary/aromatic N) is 1. The van der Waals surface area contributed by atoms with Crippen LogP contribution in [0.15, 0.2) is 42.5 Å². The summed E-state index contributed by atoms with van der Waals surface area (Å²) in [6.45, 7) is 7.07. The zero-order valence-corrected chi connectivity index (χ0v) is 19.1. The molecular formula is C26H31ClN2O2. The highest BCUT2D eigenvalue weighted by Gasteiger charge is 2.53. The second-order valence-corrected chi connectivity index (χ2v) is 10.1. The lowest BCUT2D eigenvalue weighted by atomic mass is 9.74. The first-order valence-corrected chi connectivity index (χ1v) is 11.9. The van der Waals surface area contributed by atoms with Gasteiger partial charge in [0.15, 0.2) is 0 Å². The average Bonchev–Trinajstić information content (AvgIpc) is 3.25. The predicted molar refractivity (Wildman–Crippen MR) is 124 cm³/mol. The van der Waals surface area contributed by atoms with Crippen molar-refractivity contribution in [1.29, 1.82) is 0 Å². The molecule has 2 aromatic carbocycles. The topological polar surface area (TPSA) is 41.6 Å². The second-order valence-electron chi connectivity index (χ2n) is 9.64. The van der Waals surface area contributed by atoms with Gasteiger partial charge < -0.3 is 15.0 Å². The summed E-state index contributed by atoms with van der Waals surface area (Å²) in [5.74, 6) is 0.485. The molecule has 5 rings (SSSR count). The van der Waals surface area contributed by atoms with E-state index in [1.807, 2.05) is 19.9 Å². The fraction of sp³-hybridized carbons (Fsp3) is 0.500. The Morgan fingerprint density at radius 1 is 1.16 bits per heavy atom. The van der Waals surface area contributed by atoms with Crippen molar-refractivity contribution in [3.05, 3.63) is 69.7 Å². The van der Waals surface area contributed by atoms with Crippen LogP contribution in [0.1, 0.15) is 61.3 Å². The molecule has 1 amide bonds. The van der Waals surface area contributed by atoms with Crippen LogP contribution in [0.25, 0.3) is 0 Å². The highest BCUT2D eigenvalue weighted by molar-refractivity contribution is 6.30. The smallest absolute Gasteiger partial charge is 0.246 e. The summed E-state index contributed by atoms with van der Waals surface area (Å²) in [5, 5.41) is 3.98. The van der Waals surface area contributed by atoms with Gasteiger partial charge in [0.2, 0.25) is 5.91 Å². The van der Waals surface area contributed by atoms with Gasteiger partial charge in [0, 0.05) is 42.0 Å². The number of piperidine rings is 1. The minimum Gasteiger partial charge on any atom is -0.369 e. The molecule has 1 fully saturated rings. The lowest BCUT2D eigenvalue weighted by Gasteiger charge is -2.40. The molecule has 164 valence electrons. The van der Waals surface area contributed by atoms with Gasteiger partial charge in [0.1, 0.15) is 6.61 Å². The van der Waals surface area contributed by atoms with Crippen molar-refractivity contribution in [2.45, 2.75) is 56.6 Å². The Morgan fingerprint density at radius 3 is 2.68 bits per heavy atom. The highest BCUT2D eigenvalue weighted by atomic mass is 35.5. The van der Waals surface area contributed by atoms with Crippen molar-refractivity contribution in [2.24, 2.45) is 0 Å². The molecule has 2 unspecified atom stereocenters. The van der Waals surface area contributed by atoms with Crippen molar-refractivity contribution in [3.8, 4) is 0 Å². The molecule has 2 atom stereocenters. The molecule has 2 aromatic rings. The molecule has 1 heterocycles. The third-order valence-corrected chi connectivity index (χ3v) is 7.54. The van der Waals surface area contributed by atoms with Crippen LogP contribution < -0.4 is 5.32 Å². The van der Waals surface area contributed by atoms with Crippen LogP contribution in [0.2, 0.25) is 5.02 Å². The van der Waals surface area contributed by atoms with Crippen molar-refractivity contribution in [1.82, 2.24) is 10.2 Å². The Kier molecular flexibility index (Phi) is 5.58. The van der Waals surface area contributed by atoms with E-state index < -0.39 is 0 Å². The molecular weight excluding hydrogens is 408 g/mol. The number of carbonyl (C=O) groups is 1. The van der Waals surface area contributed by atoms with Crippen molar-refractivity contribution in [2.75, 3.05) is 26.2 Å². The largest absolute Gasteiger partial charge is 0.369 e. The van der Waals surface area contributed by atoms with Crippen molar-refractivity contribution >= 4 is 17.5 Å². The summed E-state index contributed by atoms with van der Waals surface area (Å²) < 4.78 is 5.43. The molecule has 5 heteroatoms. The van der Waals surface area contributed by atoms with E-state index in [9.17, 15) is 4.79 Å². The predicted octanol–water partition coefficient (Wildman–Crippen LogP) is 4.48. The maximum Gasteiger partial charge on any atom is 0.246 e. The molecule has 0 radical (unpaired) electrons. The van der Waals surface area contributed by atoms with E-state index in [4.69, 9.17) is 16.3 Å². The number of ether oxygens (including phenoxy) is 1. The van der Waals surface area contributed by atoms with Crippen LogP contribution in [0.3, 0.4) is 0 Å². The summed E-state index contributed by atoms with van der Waals surface area (Å²) >= 11 is 6.44. The molecule has 1 saturated heterocycles. The molecule has 4 nitrogen and oxygen atoms in total. The summed E-state index contributed by atoms with van der Waals surface area (Å²) in [7, 11) is 0. The minimum absolute atomic E-state index is 0.00216. The Morgan fingerprint density at radius 2 is 1.90 bits per heavy atom. The molecule has 2 bridgehead atoms. The number of carbonyl (C=O) groups excluding carboxylic acids is 1. The van der Waals surface area contributed by atoms with Gasteiger partial charge in [-0.3, -0.25) is 4.79 Å². The van der Waals surface area contributed by atoms with Crippen molar-refractivity contribution in [3.63, 3.8) is 0 Å². The normalized spacial score (nSPS) is 25.0. The van der Waals surface area contributed by atoms with E-state index in [-0.39, 0.29) is 30.1 Å². The van der Waals surface area contributed by atoms with Crippen LogP contribution in [-0.4, -0.2) is 49.2 Å². The first kappa shape index (κ1) is 21.0. The summed E-state index contributed by atoms with van der Waals surface area (Å²) in [6, 6.07) is 15.7. The monoisotopic (exact) mass is 438 g/mol. The van der Waals surface area contributed by atoms with Gasteiger partial charge in [-0.15, -0.1) is 0 Å². The van der Waals surface area contributed by atoms with Crippen LogP contribution in [0.4, 0.5) is 0 Å². The molecule has 1 N–H and O–H groups in total. The van der Waals surface area contributed by atoms with Crippen LogP contribution in [0.5, 0.6) is 0 Å². The number of hydrogen-bond acceptors (Lipinski definition) is 3. The zero-order chi connectivity index (χ0) is 21.6. The molecule has 2 aliphatic carbocycles. The Hall–Kier alpha value is -1.88. The lowest BCUT2D eigenvalue weighted by Crippen LogP contribution is -2.49. The third kappa shape index (κ3) is 3.79. The maximum absolute atomic E-state index is 12.1. The van der Waals surface area contributed by atoms with E-state index in [1.54, 1.807) is 0 Å². The van der Waals surface area contributed by atoms with E-state index in [0.717, 1.165) is 43.9 Å². The number of rotatable bonds is 6. The first-order valence-electron chi connectivity index (χ1n) is 11.5. The number of fused-ring (bicyclic) bond motifs is 8. The van der Waals surface area contributed by atoms with Gasteiger partial charge in [-0.2, -0.15) is 0 Å². The van der Waals surface area contributed by atoms with Gasteiger partial charge in [-0.05, 0) is 67.5 Å². The van der Waals surface area contributed by atoms with E-state index >= 15 is 0 Å². The van der Waals surface area contributed by atoms with Crippen molar-refractivity contribution < 1.29 is 9.53 Å². The summed E-state index contributed by atoms with van der Waals surface area (Å²) in [5.41, 5.74) is 5.88. The number of nitrogens with one attached hydrogen (secondary N) is 1. The van der Waals surface area contributed by atoms with Gasteiger partial charge in [-0.25, -0.2) is 0 Å². The van der Waals surface area contributed by atoms with Crippen LogP contribution >= 0.6 is 11.6 Å². The van der Waals surface area contributed by atoms with Crippen LogP contribution in [0, 0.1) is 0 Å². The summed E-state index contributed by atoms with van der Waals surface area (Å²) in [6.07, 6.45) is 3.19. The number of likely N-dealkylation sites (tertiary alicyclic amines) is 1. The molecule has 31 heavy (non-hydrogen) atoms. The first-order chi connectivity index (χ1) is 15.0. The fourth-order valence-electron chi connectivity index (χ4n) is 5.95. The number of hydrogen-bond donors (Lipinski definition) is 1. The Bertz CT molecular complexity index is 983. The molecule has 0 spiro atoms. The molecule has 0 aromatic heterocycles. The highest BCUT2D eigenvalue weighted by Crippen LogP contribution is 2.60. The molecule has 1 aliphatic heterocycles. The van der Waals surface area contributed by atoms with E-state index in [1.165, 1.54) is 22.3 Å². The van der Waals surface area contributed by atoms with Gasteiger partial charge >= 0.3 is 0 Å². The van der Waals surface area contributed by atoms with Gasteiger partial charge in [0.05, 0.1) is 6.10 Å². The Balaban J connectivity index is 1.29. The number of amides is 1. The van der Waals surface area contributed by atoms with E-state index in [0.29, 0.717) is 5.92 Å². The van der Waals surface area contributed by atoms with E-state index in [2.05, 4.69) is 46.6 Å². The number of benzene rings is 2. The van der Waals surface area contributed by atoms with Gasteiger partial charge in [-0.1, -0.05) is 41.9 Å². The Labute approximate surface area is 189 Å². The standard InChI is InChI=1S/C26H31ClN2O2/c1-17(2)31-15-25(30)28-19-9-11-29(12-10-19)16-26-14-22(20-5-3-4-6-23(20)26)21-8-7-18(27)13-24(21)26/h3-8,13,17,19,22H,9-12,14-16H2,1-2H3,(H,28,30). The zero-order valence-electron chi connectivity index (χ0n) is 18.4. The molecule has 3 aliphatic rings. The molecule has 0 saturated carbocycles. The van der Waals surface area contributed by atoms with Gasteiger partial charge in [0.25, 0.3) is 0 Å². The maximum atomic E-state index is 12.1.